The number of piperidine rings is 1. The van der Waals surface area contributed by atoms with Crippen molar-refractivity contribution >= 4 is 5.97 Å². The Morgan fingerprint density at radius 1 is 1.23 bits per heavy atom. The molecular formula is C20H26N2O4. The van der Waals surface area contributed by atoms with Gasteiger partial charge in [0.2, 0.25) is 0 Å². The highest BCUT2D eigenvalue weighted by atomic mass is 16.5. The van der Waals surface area contributed by atoms with Crippen LogP contribution in [0.25, 0.3) is 0 Å². The highest BCUT2D eigenvalue weighted by molar-refractivity contribution is 5.89. The number of H-pyrrole nitrogens is 1. The number of aromatic carboxylic acids is 1. The van der Waals surface area contributed by atoms with Crippen LogP contribution in [0, 0.1) is 13.8 Å². The van der Waals surface area contributed by atoms with Gasteiger partial charge < -0.3 is 19.9 Å². The fraction of sp³-hybridized carbons (Fsp3) is 0.450. The number of aryl methyl sites for hydroxylation is 1. The molecule has 6 nitrogen and oxygen atoms in total. The second-order valence-corrected chi connectivity index (χ2v) is 6.97. The highest BCUT2D eigenvalue weighted by Gasteiger charge is 2.33. The van der Waals surface area contributed by atoms with Crippen molar-refractivity contribution in [1.82, 2.24) is 9.88 Å². The van der Waals surface area contributed by atoms with E-state index in [1.165, 1.54) is 0 Å². The van der Waals surface area contributed by atoms with Gasteiger partial charge >= 0.3 is 5.97 Å². The van der Waals surface area contributed by atoms with Gasteiger partial charge in [0.15, 0.2) is 11.4 Å². The molecule has 1 aromatic heterocycles. The first kappa shape index (κ1) is 18.5. The van der Waals surface area contributed by atoms with Gasteiger partial charge in [0.05, 0.1) is 5.60 Å². The van der Waals surface area contributed by atoms with Crippen LogP contribution in [-0.4, -0.2) is 52.3 Å². The normalized spacial score (nSPS) is 17.2. The number of hydrogen-bond acceptors (Lipinski definition) is 4. The largest absolute Gasteiger partial charge is 0.489 e. The lowest BCUT2D eigenvalue weighted by molar-refractivity contribution is -0.0278. The molecule has 0 amide bonds. The van der Waals surface area contributed by atoms with Gasteiger partial charge in [-0.3, -0.25) is 4.90 Å². The number of carbonyl (C=O) groups is 1. The zero-order chi connectivity index (χ0) is 18.7. The van der Waals surface area contributed by atoms with Gasteiger partial charge in [-0.15, -0.1) is 0 Å². The molecule has 0 spiro atoms. The fourth-order valence-electron chi connectivity index (χ4n) is 3.49. The van der Waals surface area contributed by atoms with E-state index in [4.69, 9.17) is 4.74 Å². The average Bonchev–Trinajstić information content (AvgIpc) is 2.93. The van der Waals surface area contributed by atoms with Crippen LogP contribution in [0.5, 0.6) is 5.75 Å². The first-order valence-electron chi connectivity index (χ1n) is 8.96. The number of carboxylic acids is 1. The molecule has 0 unspecified atom stereocenters. The Hall–Kier alpha value is -2.31. The van der Waals surface area contributed by atoms with Crippen molar-refractivity contribution in [2.75, 3.05) is 26.2 Å². The molecule has 140 valence electrons. The van der Waals surface area contributed by atoms with Crippen molar-refractivity contribution in [1.29, 1.82) is 0 Å². The summed E-state index contributed by atoms with van der Waals surface area (Å²) in [7, 11) is 0. The van der Waals surface area contributed by atoms with Crippen molar-refractivity contribution in [3.63, 3.8) is 0 Å². The minimum absolute atomic E-state index is 0.108. The van der Waals surface area contributed by atoms with Crippen LogP contribution < -0.4 is 4.74 Å². The summed E-state index contributed by atoms with van der Waals surface area (Å²) in [6.07, 6.45) is 1.36. The lowest BCUT2D eigenvalue weighted by atomic mass is 9.84. The number of carboxylic acid groups (broad SMARTS) is 1. The first-order chi connectivity index (χ1) is 12.4. The van der Waals surface area contributed by atoms with E-state index in [0.29, 0.717) is 31.7 Å². The molecule has 1 fully saturated rings. The molecule has 2 aromatic rings. The van der Waals surface area contributed by atoms with Gasteiger partial charge in [0, 0.05) is 30.9 Å². The Bertz CT molecular complexity index is 762. The maximum atomic E-state index is 11.3. The number of aliphatic hydroxyl groups is 1. The Morgan fingerprint density at radius 2 is 1.88 bits per heavy atom. The molecule has 1 saturated heterocycles. The third-order valence-corrected chi connectivity index (χ3v) is 5.30. The van der Waals surface area contributed by atoms with E-state index in [1.807, 2.05) is 44.2 Å². The topological polar surface area (TPSA) is 85.8 Å². The monoisotopic (exact) mass is 358 g/mol. The summed E-state index contributed by atoms with van der Waals surface area (Å²) in [4.78, 5) is 16.4. The van der Waals surface area contributed by atoms with E-state index in [-0.39, 0.29) is 5.69 Å². The van der Waals surface area contributed by atoms with Crippen LogP contribution >= 0.6 is 0 Å². The molecule has 1 aliphatic heterocycles. The minimum atomic E-state index is -1.01. The highest BCUT2D eigenvalue weighted by Crippen LogP contribution is 2.32. The fourth-order valence-corrected chi connectivity index (χ4v) is 3.49. The molecule has 3 rings (SSSR count). The summed E-state index contributed by atoms with van der Waals surface area (Å²) >= 11 is 0. The van der Waals surface area contributed by atoms with E-state index in [1.54, 1.807) is 0 Å². The molecule has 26 heavy (non-hydrogen) atoms. The summed E-state index contributed by atoms with van der Waals surface area (Å²) in [6, 6.07) is 9.81. The first-order valence-corrected chi connectivity index (χ1v) is 8.96. The summed E-state index contributed by atoms with van der Waals surface area (Å²) in [5.41, 5.74) is 1.96. The molecular weight excluding hydrogens is 332 g/mol. The molecule has 0 saturated carbocycles. The molecule has 1 aromatic carbocycles. The van der Waals surface area contributed by atoms with E-state index in [0.717, 1.165) is 29.9 Å². The second kappa shape index (κ2) is 7.51. The number of aromatic amines is 1. The maximum Gasteiger partial charge on any atom is 0.356 e. The Kier molecular flexibility index (Phi) is 5.34. The zero-order valence-electron chi connectivity index (χ0n) is 15.3. The quantitative estimate of drug-likeness (QED) is 0.739. The Morgan fingerprint density at radius 3 is 2.50 bits per heavy atom. The SMILES string of the molecule is Cc1[nH]c(C(=O)O)c(OCCN2CCC(O)(c3ccccc3)CC2)c1C. The predicted octanol–water partition coefficient (Wildman–Crippen LogP) is 2.69. The molecule has 1 aliphatic rings. The molecule has 2 heterocycles. The van der Waals surface area contributed by atoms with Gasteiger partial charge in [-0.2, -0.15) is 0 Å². The van der Waals surface area contributed by atoms with Gasteiger partial charge in [-0.05, 0) is 32.3 Å². The third-order valence-electron chi connectivity index (χ3n) is 5.30. The van der Waals surface area contributed by atoms with E-state index in [9.17, 15) is 15.0 Å². The lowest BCUT2D eigenvalue weighted by Crippen LogP contribution is -2.43. The number of hydrogen-bond donors (Lipinski definition) is 3. The second-order valence-electron chi connectivity index (χ2n) is 6.97. The molecule has 0 atom stereocenters. The smallest absolute Gasteiger partial charge is 0.356 e. The number of ether oxygens (including phenoxy) is 1. The molecule has 6 heteroatoms. The third kappa shape index (κ3) is 3.76. The summed E-state index contributed by atoms with van der Waals surface area (Å²) in [6.45, 7) is 6.38. The minimum Gasteiger partial charge on any atom is -0.489 e. The van der Waals surface area contributed by atoms with E-state index < -0.39 is 11.6 Å². The molecule has 0 radical (unpaired) electrons. The van der Waals surface area contributed by atoms with Crippen LogP contribution in [0.2, 0.25) is 0 Å². The van der Waals surface area contributed by atoms with Crippen molar-refractivity contribution in [2.45, 2.75) is 32.3 Å². The number of likely N-dealkylation sites (tertiary alicyclic amines) is 1. The van der Waals surface area contributed by atoms with E-state index >= 15 is 0 Å². The number of benzene rings is 1. The van der Waals surface area contributed by atoms with Crippen molar-refractivity contribution in [3.8, 4) is 5.75 Å². The molecule has 0 bridgehead atoms. The number of aromatic nitrogens is 1. The van der Waals surface area contributed by atoms with Crippen LogP contribution in [0.4, 0.5) is 0 Å². The number of nitrogens with zero attached hydrogens (tertiary/aromatic N) is 1. The lowest BCUT2D eigenvalue weighted by Gasteiger charge is -2.38. The van der Waals surface area contributed by atoms with Crippen LogP contribution in [0.3, 0.4) is 0 Å². The van der Waals surface area contributed by atoms with Gasteiger partial charge in [0.25, 0.3) is 0 Å². The average molecular weight is 358 g/mol. The number of nitrogens with one attached hydrogen (secondary N) is 1. The van der Waals surface area contributed by atoms with Crippen LogP contribution in [-0.2, 0) is 5.60 Å². The predicted molar refractivity (Wildman–Crippen MR) is 98.7 cm³/mol. The van der Waals surface area contributed by atoms with Gasteiger partial charge in [0.1, 0.15) is 6.61 Å². The van der Waals surface area contributed by atoms with Crippen LogP contribution in [0.15, 0.2) is 30.3 Å². The summed E-state index contributed by atoms with van der Waals surface area (Å²) in [5.74, 6) is -0.588. The Labute approximate surface area is 153 Å². The van der Waals surface area contributed by atoms with Gasteiger partial charge in [-0.25, -0.2) is 4.79 Å². The molecule has 0 aliphatic carbocycles. The van der Waals surface area contributed by atoms with Gasteiger partial charge in [-0.1, -0.05) is 30.3 Å². The number of rotatable bonds is 6. The van der Waals surface area contributed by atoms with Crippen LogP contribution in [0.1, 0.15) is 40.2 Å². The molecule has 3 N–H and O–H groups in total. The maximum absolute atomic E-state index is 11.3. The van der Waals surface area contributed by atoms with Crippen molar-refractivity contribution in [2.24, 2.45) is 0 Å². The van der Waals surface area contributed by atoms with E-state index in [2.05, 4.69) is 9.88 Å². The van der Waals surface area contributed by atoms with Crippen molar-refractivity contribution < 1.29 is 19.7 Å². The zero-order valence-corrected chi connectivity index (χ0v) is 15.3. The standard InChI is InChI=1S/C20H26N2O4/c1-14-15(2)21-17(19(23)24)18(14)26-13-12-22-10-8-20(25,9-11-22)16-6-4-3-5-7-16/h3-7,21,25H,8-13H2,1-2H3,(H,23,24). The summed E-state index contributed by atoms with van der Waals surface area (Å²) in [5, 5.41) is 20.1. The Balaban J connectivity index is 1.53. The summed E-state index contributed by atoms with van der Waals surface area (Å²) < 4.78 is 5.77. The van der Waals surface area contributed by atoms with Crippen molar-refractivity contribution in [3.05, 3.63) is 52.8 Å².